The van der Waals surface area contributed by atoms with Gasteiger partial charge in [-0.3, -0.25) is 4.79 Å². The molecule has 0 aliphatic rings. The van der Waals surface area contributed by atoms with Crippen LogP contribution < -0.4 is 10.6 Å². The van der Waals surface area contributed by atoms with Crippen molar-refractivity contribution in [3.8, 4) is 6.07 Å². The average Bonchev–Trinajstić information content (AvgIpc) is 2.53. The van der Waals surface area contributed by atoms with E-state index in [4.69, 9.17) is 5.26 Å². The van der Waals surface area contributed by atoms with Crippen LogP contribution in [-0.2, 0) is 0 Å². The normalized spacial score (nSPS) is 10.2. The molecule has 1 heterocycles. The second-order valence-corrected chi connectivity index (χ2v) is 5.64. The van der Waals surface area contributed by atoms with E-state index in [1.165, 1.54) is 0 Å². The van der Waals surface area contributed by atoms with E-state index in [1.54, 1.807) is 30.3 Å². The molecule has 0 atom stereocenters. The molecule has 1 amide bonds. The van der Waals surface area contributed by atoms with Gasteiger partial charge in [-0.2, -0.15) is 5.26 Å². The smallest absolute Gasteiger partial charge is 0.274 e. The summed E-state index contributed by atoms with van der Waals surface area (Å²) in [5.74, 6) is 0.589. The number of nitriles is 1. The summed E-state index contributed by atoms with van der Waals surface area (Å²) in [6.45, 7) is 6.73. The fourth-order valence-corrected chi connectivity index (χ4v) is 1.88. The lowest BCUT2D eigenvalue weighted by atomic mass is 10.2. The van der Waals surface area contributed by atoms with Crippen LogP contribution in [-0.4, -0.2) is 22.4 Å². The second-order valence-electron chi connectivity index (χ2n) is 5.64. The predicted molar refractivity (Wildman–Crippen MR) is 89.2 cm³/mol. The van der Waals surface area contributed by atoms with Gasteiger partial charge in [0.25, 0.3) is 5.91 Å². The lowest BCUT2D eigenvalue weighted by molar-refractivity contribution is 0.102. The number of benzene rings is 1. The van der Waals surface area contributed by atoms with E-state index in [0.717, 1.165) is 12.2 Å². The fourth-order valence-electron chi connectivity index (χ4n) is 1.88. The van der Waals surface area contributed by atoms with Crippen molar-refractivity contribution in [2.45, 2.75) is 20.8 Å². The van der Waals surface area contributed by atoms with Gasteiger partial charge in [0.15, 0.2) is 0 Å². The van der Waals surface area contributed by atoms with Crippen LogP contribution in [0.4, 0.5) is 11.6 Å². The van der Waals surface area contributed by atoms with E-state index in [1.807, 2.05) is 13.0 Å². The largest absolute Gasteiger partial charge is 0.354 e. The van der Waals surface area contributed by atoms with Crippen LogP contribution >= 0.6 is 0 Å². The number of amides is 1. The lowest BCUT2D eigenvalue weighted by Gasteiger charge is -2.10. The van der Waals surface area contributed by atoms with Crippen molar-refractivity contribution in [1.82, 2.24) is 9.97 Å². The molecule has 6 heteroatoms. The summed E-state index contributed by atoms with van der Waals surface area (Å²) in [4.78, 5) is 20.8. The summed E-state index contributed by atoms with van der Waals surface area (Å²) in [6, 6.07) is 10.3. The third kappa shape index (κ3) is 4.78. The molecule has 6 nitrogen and oxygen atoms in total. The van der Waals surface area contributed by atoms with E-state index in [-0.39, 0.29) is 5.91 Å². The number of aromatic nitrogens is 2. The molecule has 2 rings (SSSR count). The minimum atomic E-state index is -0.312. The van der Waals surface area contributed by atoms with Crippen LogP contribution in [0, 0.1) is 24.2 Å². The third-order valence-corrected chi connectivity index (χ3v) is 3.03. The first kappa shape index (κ1) is 16.4. The Hall–Kier alpha value is -2.94. The summed E-state index contributed by atoms with van der Waals surface area (Å²) in [5.41, 5.74) is 2.17. The van der Waals surface area contributed by atoms with Crippen molar-refractivity contribution >= 4 is 17.5 Å². The van der Waals surface area contributed by atoms with Crippen LogP contribution in [0.5, 0.6) is 0 Å². The molecule has 1 aromatic heterocycles. The van der Waals surface area contributed by atoms with Crippen molar-refractivity contribution in [1.29, 1.82) is 5.26 Å². The Labute approximate surface area is 135 Å². The highest BCUT2D eigenvalue weighted by Crippen LogP contribution is 2.12. The molecule has 0 aliphatic heterocycles. The molecule has 0 saturated heterocycles. The third-order valence-electron chi connectivity index (χ3n) is 3.03. The Morgan fingerprint density at radius 2 is 1.96 bits per heavy atom. The van der Waals surface area contributed by atoms with E-state index < -0.39 is 0 Å². The molecular weight excluding hydrogens is 290 g/mol. The molecule has 2 aromatic rings. The van der Waals surface area contributed by atoms with Gasteiger partial charge in [-0.15, -0.1) is 0 Å². The molecule has 0 unspecified atom stereocenters. The molecule has 0 aliphatic carbocycles. The molecule has 0 radical (unpaired) electrons. The zero-order valence-corrected chi connectivity index (χ0v) is 13.4. The number of nitrogens with one attached hydrogen (secondary N) is 2. The Morgan fingerprint density at radius 1 is 1.26 bits per heavy atom. The summed E-state index contributed by atoms with van der Waals surface area (Å²) in [7, 11) is 0. The molecule has 0 spiro atoms. The second kappa shape index (κ2) is 7.36. The number of hydrogen-bond donors (Lipinski definition) is 2. The molecule has 2 N–H and O–H groups in total. The predicted octanol–water partition coefficient (Wildman–Crippen LogP) is 2.98. The van der Waals surface area contributed by atoms with Gasteiger partial charge >= 0.3 is 0 Å². The Morgan fingerprint density at radius 3 is 2.57 bits per heavy atom. The summed E-state index contributed by atoms with van der Waals surface area (Å²) in [6.07, 6.45) is 0. The van der Waals surface area contributed by atoms with Gasteiger partial charge < -0.3 is 10.6 Å². The first-order valence-corrected chi connectivity index (χ1v) is 7.39. The highest BCUT2D eigenvalue weighted by Gasteiger charge is 2.11. The van der Waals surface area contributed by atoms with Gasteiger partial charge in [0.2, 0.25) is 5.95 Å². The number of rotatable bonds is 5. The molecular formula is C17H19N5O. The van der Waals surface area contributed by atoms with Gasteiger partial charge in [0.1, 0.15) is 5.69 Å². The van der Waals surface area contributed by atoms with Crippen molar-refractivity contribution < 1.29 is 4.79 Å². The molecule has 0 saturated carbocycles. The van der Waals surface area contributed by atoms with Crippen molar-refractivity contribution in [3.05, 3.63) is 47.3 Å². The van der Waals surface area contributed by atoms with E-state index in [9.17, 15) is 4.79 Å². The lowest BCUT2D eigenvalue weighted by Crippen LogP contribution is -2.17. The summed E-state index contributed by atoms with van der Waals surface area (Å²) >= 11 is 0. The number of hydrogen-bond acceptors (Lipinski definition) is 5. The van der Waals surface area contributed by atoms with E-state index in [2.05, 4.69) is 34.4 Å². The van der Waals surface area contributed by atoms with Crippen LogP contribution in [0.15, 0.2) is 30.3 Å². The SMILES string of the molecule is Cc1cc(C(=O)Nc2ccc(C#N)cc2)nc(NCC(C)C)n1. The number of anilines is 2. The summed E-state index contributed by atoms with van der Waals surface area (Å²) < 4.78 is 0. The van der Waals surface area contributed by atoms with Crippen LogP contribution in [0.1, 0.15) is 35.6 Å². The zero-order chi connectivity index (χ0) is 16.8. The number of aryl methyl sites for hydroxylation is 1. The summed E-state index contributed by atoms with van der Waals surface area (Å²) in [5, 5.41) is 14.7. The topological polar surface area (TPSA) is 90.7 Å². The van der Waals surface area contributed by atoms with Crippen LogP contribution in [0.2, 0.25) is 0 Å². The fraction of sp³-hybridized carbons (Fsp3) is 0.294. The highest BCUT2D eigenvalue weighted by atomic mass is 16.1. The maximum atomic E-state index is 12.3. The monoisotopic (exact) mass is 309 g/mol. The van der Waals surface area contributed by atoms with Gasteiger partial charge in [-0.05, 0) is 43.2 Å². The minimum absolute atomic E-state index is 0.299. The Balaban J connectivity index is 2.13. The Kier molecular flexibility index (Phi) is 5.26. The Bertz CT molecular complexity index is 732. The molecule has 1 aromatic carbocycles. The van der Waals surface area contributed by atoms with Gasteiger partial charge in [-0.25, -0.2) is 9.97 Å². The molecule has 23 heavy (non-hydrogen) atoms. The van der Waals surface area contributed by atoms with Crippen LogP contribution in [0.3, 0.4) is 0 Å². The first-order chi connectivity index (χ1) is 11.0. The molecule has 0 bridgehead atoms. The van der Waals surface area contributed by atoms with Crippen molar-refractivity contribution in [3.63, 3.8) is 0 Å². The zero-order valence-electron chi connectivity index (χ0n) is 13.4. The molecule has 118 valence electrons. The number of nitrogens with zero attached hydrogens (tertiary/aromatic N) is 3. The van der Waals surface area contributed by atoms with E-state index >= 15 is 0 Å². The van der Waals surface area contributed by atoms with Gasteiger partial charge in [0.05, 0.1) is 11.6 Å². The first-order valence-electron chi connectivity index (χ1n) is 7.39. The van der Waals surface area contributed by atoms with Gasteiger partial charge in [-0.1, -0.05) is 13.8 Å². The maximum Gasteiger partial charge on any atom is 0.274 e. The van der Waals surface area contributed by atoms with E-state index in [0.29, 0.717) is 28.8 Å². The van der Waals surface area contributed by atoms with Crippen molar-refractivity contribution in [2.75, 3.05) is 17.2 Å². The molecule has 0 fully saturated rings. The maximum absolute atomic E-state index is 12.3. The quantitative estimate of drug-likeness (QED) is 0.886. The average molecular weight is 309 g/mol. The van der Waals surface area contributed by atoms with Gasteiger partial charge in [0, 0.05) is 17.9 Å². The minimum Gasteiger partial charge on any atom is -0.354 e. The highest BCUT2D eigenvalue weighted by molar-refractivity contribution is 6.03. The van der Waals surface area contributed by atoms with Crippen molar-refractivity contribution in [2.24, 2.45) is 5.92 Å². The number of carbonyl (C=O) groups is 1. The standard InChI is InChI=1S/C17H19N5O/c1-11(2)10-19-17-20-12(3)8-15(22-17)16(23)21-14-6-4-13(9-18)5-7-14/h4-8,11H,10H2,1-3H3,(H,21,23)(H,19,20,22). The number of carbonyl (C=O) groups excluding carboxylic acids is 1. The van der Waals surface area contributed by atoms with Crippen LogP contribution in [0.25, 0.3) is 0 Å².